The molecule has 1 aliphatic heterocycles. The minimum Gasteiger partial charge on any atom is -0.372 e. The van der Waals surface area contributed by atoms with Crippen LogP contribution in [0, 0.1) is 0 Å². The second-order valence-electron chi connectivity index (χ2n) is 6.10. The van der Waals surface area contributed by atoms with Gasteiger partial charge in [0.1, 0.15) is 6.10 Å². The molecule has 1 N–H and O–H groups in total. The number of carbonyl (C=O) groups is 1. The monoisotopic (exact) mass is 290 g/mol. The Labute approximate surface area is 127 Å². The maximum atomic E-state index is 11.9. The Morgan fingerprint density at radius 1 is 1.43 bits per heavy atom. The van der Waals surface area contributed by atoms with E-state index in [0.717, 1.165) is 19.5 Å². The summed E-state index contributed by atoms with van der Waals surface area (Å²) in [4.78, 5) is 14.4. The summed E-state index contributed by atoms with van der Waals surface area (Å²) < 4.78 is 5.06. The van der Waals surface area contributed by atoms with Gasteiger partial charge in [0.05, 0.1) is 0 Å². The number of carbonyl (C=O) groups excluding carboxylic acids is 1. The lowest BCUT2D eigenvalue weighted by Crippen LogP contribution is -2.51. The summed E-state index contributed by atoms with van der Waals surface area (Å²) in [6, 6.07) is 10.5. The molecule has 0 spiro atoms. The van der Waals surface area contributed by atoms with E-state index in [9.17, 15) is 4.79 Å². The van der Waals surface area contributed by atoms with Gasteiger partial charge in [0.15, 0.2) is 0 Å². The fraction of sp³-hybridized carbons (Fsp3) is 0.588. The molecule has 2 atom stereocenters. The first-order chi connectivity index (χ1) is 10.0. The molecule has 1 amide bonds. The third-order valence-electron chi connectivity index (χ3n) is 4.49. The average Bonchev–Trinajstić information content (AvgIpc) is 2.86. The molecule has 1 aliphatic rings. The molecule has 4 heteroatoms. The summed E-state index contributed by atoms with van der Waals surface area (Å²) in [5.74, 6) is -0.0368. The van der Waals surface area contributed by atoms with Gasteiger partial charge in [0.25, 0.3) is 0 Å². The minimum atomic E-state index is -0.391. The lowest BCUT2D eigenvalue weighted by Gasteiger charge is -2.35. The zero-order chi connectivity index (χ0) is 15.3. The average molecular weight is 290 g/mol. The van der Waals surface area contributed by atoms with Crippen molar-refractivity contribution in [3.05, 3.63) is 35.9 Å². The molecule has 21 heavy (non-hydrogen) atoms. The van der Waals surface area contributed by atoms with Crippen LogP contribution >= 0.6 is 0 Å². The van der Waals surface area contributed by atoms with Crippen molar-refractivity contribution in [2.24, 2.45) is 0 Å². The first-order valence-corrected chi connectivity index (χ1v) is 7.65. The van der Waals surface area contributed by atoms with Crippen LogP contribution in [0.4, 0.5) is 0 Å². The molecule has 0 aromatic heterocycles. The molecule has 0 saturated carbocycles. The van der Waals surface area contributed by atoms with Crippen molar-refractivity contribution in [2.75, 3.05) is 20.2 Å². The fourth-order valence-electron chi connectivity index (χ4n) is 2.88. The highest BCUT2D eigenvalue weighted by atomic mass is 16.5. The number of likely N-dealkylation sites (tertiary alicyclic amines) is 1. The summed E-state index contributed by atoms with van der Waals surface area (Å²) >= 11 is 0. The van der Waals surface area contributed by atoms with E-state index in [4.69, 9.17) is 4.74 Å². The van der Waals surface area contributed by atoms with Crippen LogP contribution in [0.5, 0.6) is 0 Å². The Balaban J connectivity index is 1.94. The Hall–Kier alpha value is -1.39. The summed E-state index contributed by atoms with van der Waals surface area (Å²) in [6.07, 6.45) is 1.90. The van der Waals surface area contributed by atoms with Gasteiger partial charge in [-0.25, -0.2) is 0 Å². The molecule has 116 valence electrons. The number of amides is 1. The van der Waals surface area contributed by atoms with E-state index in [0.29, 0.717) is 6.54 Å². The molecule has 2 rings (SSSR count). The van der Waals surface area contributed by atoms with Crippen LogP contribution in [-0.4, -0.2) is 42.6 Å². The molecule has 0 bridgehead atoms. The number of nitrogens with one attached hydrogen (secondary N) is 1. The van der Waals surface area contributed by atoms with E-state index in [-0.39, 0.29) is 11.4 Å². The zero-order valence-corrected chi connectivity index (χ0v) is 13.3. The Morgan fingerprint density at radius 2 is 2.14 bits per heavy atom. The van der Waals surface area contributed by atoms with E-state index in [2.05, 4.69) is 41.4 Å². The first-order valence-electron chi connectivity index (χ1n) is 7.65. The van der Waals surface area contributed by atoms with Crippen LogP contribution in [0.3, 0.4) is 0 Å². The maximum Gasteiger partial charge on any atom is 0.248 e. The first kappa shape index (κ1) is 16.0. The number of ether oxygens (including phenoxy) is 1. The lowest BCUT2D eigenvalue weighted by atomic mass is 9.98. The zero-order valence-electron chi connectivity index (χ0n) is 13.3. The Bertz CT molecular complexity index is 463. The van der Waals surface area contributed by atoms with E-state index >= 15 is 0 Å². The molecule has 1 fully saturated rings. The van der Waals surface area contributed by atoms with E-state index in [1.54, 1.807) is 14.0 Å². The summed E-state index contributed by atoms with van der Waals surface area (Å²) in [6.45, 7) is 6.70. The van der Waals surface area contributed by atoms with Crippen LogP contribution in [0.1, 0.15) is 32.3 Å². The van der Waals surface area contributed by atoms with E-state index < -0.39 is 6.10 Å². The Kier molecular flexibility index (Phi) is 5.37. The van der Waals surface area contributed by atoms with Crippen molar-refractivity contribution in [3.8, 4) is 0 Å². The highest BCUT2D eigenvalue weighted by molar-refractivity contribution is 5.80. The molecule has 4 nitrogen and oxygen atoms in total. The van der Waals surface area contributed by atoms with E-state index in [1.807, 2.05) is 6.07 Å². The SMILES string of the molecule is COC(C)C(=O)NCC1(C)CCCN1Cc1ccccc1. The quantitative estimate of drug-likeness (QED) is 0.873. The molecule has 1 aromatic rings. The summed E-state index contributed by atoms with van der Waals surface area (Å²) in [5, 5.41) is 3.03. The lowest BCUT2D eigenvalue weighted by molar-refractivity contribution is -0.130. The highest BCUT2D eigenvalue weighted by Crippen LogP contribution is 2.29. The van der Waals surface area contributed by atoms with Crippen LogP contribution in [-0.2, 0) is 16.1 Å². The minimum absolute atomic E-state index is 0.0267. The standard InChI is InChI=1S/C17H26N2O2/c1-14(21-3)16(20)18-13-17(2)10-7-11-19(17)12-15-8-5-4-6-9-15/h4-6,8-9,14H,7,10-13H2,1-3H3,(H,18,20). The van der Waals surface area contributed by atoms with Crippen LogP contribution in [0.15, 0.2) is 30.3 Å². The van der Waals surface area contributed by atoms with Gasteiger partial charge in [0.2, 0.25) is 5.91 Å². The van der Waals surface area contributed by atoms with Gasteiger partial charge in [-0.2, -0.15) is 0 Å². The normalized spacial score (nSPS) is 24.0. The number of hydrogen-bond donors (Lipinski definition) is 1. The molecular formula is C17H26N2O2. The topological polar surface area (TPSA) is 41.6 Å². The number of hydrogen-bond acceptors (Lipinski definition) is 3. The van der Waals surface area contributed by atoms with Crippen molar-refractivity contribution in [3.63, 3.8) is 0 Å². The summed E-state index contributed by atoms with van der Waals surface area (Å²) in [7, 11) is 1.56. The second kappa shape index (κ2) is 7.05. The third kappa shape index (κ3) is 4.05. The van der Waals surface area contributed by atoms with Gasteiger partial charge in [-0.15, -0.1) is 0 Å². The maximum absolute atomic E-state index is 11.9. The predicted octanol–water partition coefficient (Wildman–Crippen LogP) is 2.19. The molecule has 1 saturated heterocycles. The second-order valence-corrected chi connectivity index (χ2v) is 6.10. The fourth-order valence-corrected chi connectivity index (χ4v) is 2.88. The van der Waals surface area contributed by atoms with Crippen LogP contribution < -0.4 is 5.32 Å². The number of benzene rings is 1. The van der Waals surface area contributed by atoms with E-state index in [1.165, 1.54) is 12.0 Å². The molecule has 1 aromatic carbocycles. The van der Waals surface area contributed by atoms with Crippen molar-refractivity contribution in [1.82, 2.24) is 10.2 Å². The largest absolute Gasteiger partial charge is 0.372 e. The van der Waals surface area contributed by atoms with Crippen LogP contribution in [0.2, 0.25) is 0 Å². The third-order valence-corrected chi connectivity index (χ3v) is 4.49. The molecule has 1 heterocycles. The van der Waals surface area contributed by atoms with Crippen molar-refractivity contribution >= 4 is 5.91 Å². The van der Waals surface area contributed by atoms with Crippen LogP contribution in [0.25, 0.3) is 0 Å². The van der Waals surface area contributed by atoms with Gasteiger partial charge in [-0.1, -0.05) is 30.3 Å². The molecule has 2 unspecified atom stereocenters. The number of nitrogens with zero attached hydrogens (tertiary/aromatic N) is 1. The van der Waals surface area contributed by atoms with Gasteiger partial charge in [0, 0.05) is 25.7 Å². The number of rotatable bonds is 6. The highest BCUT2D eigenvalue weighted by Gasteiger charge is 2.36. The predicted molar refractivity (Wildman–Crippen MR) is 84.0 cm³/mol. The molecular weight excluding hydrogens is 264 g/mol. The number of methoxy groups -OCH3 is 1. The smallest absolute Gasteiger partial charge is 0.248 e. The summed E-state index contributed by atoms with van der Waals surface area (Å²) in [5.41, 5.74) is 1.35. The molecule has 0 radical (unpaired) electrons. The van der Waals surface area contributed by atoms with Gasteiger partial charge in [-0.05, 0) is 38.8 Å². The molecule has 0 aliphatic carbocycles. The van der Waals surface area contributed by atoms with Gasteiger partial charge in [-0.3, -0.25) is 9.69 Å². The Morgan fingerprint density at radius 3 is 2.81 bits per heavy atom. The van der Waals surface area contributed by atoms with Crippen molar-refractivity contribution < 1.29 is 9.53 Å². The van der Waals surface area contributed by atoms with Crippen molar-refractivity contribution in [2.45, 2.75) is 44.9 Å². The van der Waals surface area contributed by atoms with Crippen molar-refractivity contribution in [1.29, 1.82) is 0 Å². The van der Waals surface area contributed by atoms with Gasteiger partial charge >= 0.3 is 0 Å². The van der Waals surface area contributed by atoms with Gasteiger partial charge < -0.3 is 10.1 Å².